The van der Waals surface area contributed by atoms with E-state index in [1.54, 1.807) is 28.9 Å². The predicted molar refractivity (Wildman–Crippen MR) is 78.0 cm³/mol. The summed E-state index contributed by atoms with van der Waals surface area (Å²) in [7, 11) is 0. The number of benzene rings is 1. The van der Waals surface area contributed by atoms with Crippen molar-refractivity contribution in [3.05, 3.63) is 35.7 Å². The molecule has 8 heteroatoms. The maximum absolute atomic E-state index is 12.0. The average Bonchev–Trinajstić information content (AvgIpc) is 2.93. The Kier molecular flexibility index (Phi) is 5.18. The van der Waals surface area contributed by atoms with Crippen molar-refractivity contribution >= 4 is 17.6 Å². The highest BCUT2D eigenvalue weighted by atomic mass is 16.5. The molecule has 0 aliphatic heterocycles. The van der Waals surface area contributed by atoms with Crippen LogP contribution in [0.25, 0.3) is 0 Å². The SMILES string of the molecule is CCCn1nnnc1COC(=O)c1ccc(NC(C)=O)cc1. The van der Waals surface area contributed by atoms with E-state index in [0.29, 0.717) is 23.6 Å². The fourth-order valence-electron chi connectivity index (χ4n) is 1.82. The number of aryl methyl sites for hydroxylation is 1. The lowest BCUT2D eigenvalue weighted by atomic mass is 10.2. The van der Waals surface area contributed by atoms with E-state index in [-0.39, 0.29) is 12.5 Å². The highest BCUT2D eigenvalue weighted by Gasteiger charge is 2.11. The van der Waals surface area contributed by atoms with Crippen molar-refractivity contribution in [2.75, 3.05) is 5.32 Å². The van der Waals surface area contributed by atoms with Gasteiger partial charge in [0.25, 0.3) is 0 Å². The molecule has 0 saturated heterocycles. The number of hydrogen-bond donors (Lipinski definition) is 1. The summed E-state index contributed by atoms with van der Waals surface area (Å²) in [5, 5.41) is 13.8. The zero-order valence-corrected chi connectivity index (χ0v) is 12.4. The van der Waals surface area contributed by atoms with Crippen LogP contribution in [0.4, 0.5) is 5.69 Å². The van der Waals surface area contributed by atoms with E-state index in [1.165, 1.54) is 6.92 Å². The molecule has 22 heavy (non-hydrogen) atoms. The number of rotatable bonds is 6. The number of aromatic nitrogens is 4. The highest BCUT2D eigenvalue weighted by Crippen LogP contribution is 2.11. The molecule has 1 heterocycles. The second-order valence-electron chi connectivity index (χ2n) is 4.65. The second-order valence-corrected chi connectivity index (χ2v) is 4.65. The Balaban J connectivity index is 1.94. The number of hydrogen-bond acceptors (Lipinski definition) is 6. The third-order valence-corrected chi connectivity index (χ3v) is 2.81. The number of nitrogens with zero attached hydrogens (tertiary/aromatic N) is 4. The Morgan fingerprint density at radius 3 is 2.64 bits per heavy atom. The van der Waals surface area contributed by atoms with E-state index >= 15 is 0 Å². The Morgan fingerprint density at radius 2 is 2.00 bits per heavy atom. The van der Waals surface area contributed by atoms with Crippen LogP contribution in [0.3, 0.4) is 0 Å². The number of nitrogens with one attached hydrogen (secondary N) is 1. The van der Waals surface area contributed by atoms with Crippen LogP contribution in [0.15, 0.2) is 24.3 Å². The molecule has 1 aromatic heterocycles. The van der Waals surface area contributed by atoms with E-state index in [4.69, 9.17) is 4.74 Å². The fourth-order valence-corrected chi connectivity index (χ4v) is 1.82. The lowest BCUT2D eigenvalue weighted by Gasteiger charge is -2.06. The average molecular weight is 303 g/mol. The van der Waals surface area contributed by atoms with Crippen LogP contribution in [-0.2, 0) is 22.7 Å². The molecule has 0 fully saturated rings. The molecule has 1 amide bonds. The van der Waals surface area contributed by atoms with Gasteiger partial charge in [-0.05, 0) is 41.1 Å². The van der Waals surface area contributed by atoms with E-state index in [0.717, 1.165) is 6.42 Å². The van der Waals surface area contributed by atoms with Crippen molar-refractivity contribution < 1.29 is 14.3 Å². The van der Waals surface area contributed by atoms with Crippen LogP contribution in [-0.4, -0.2) is 32.1 Å². The summed E-state index contributed by atoms with van der Waals surface area (Å²) >= 11 is 0. The molecule has 116 valence electrons. The van der Waals surface area contributed by atoms with Gasteiger partial charge in [-0.25, -0.2) is 9.48 Å². The second kappa shape index (κ2) is 7.30. The molecule has 0 bridgehead atoms. The van der Waals surface area contributed by atoms with Crippen molar-refractivity contribution in [1.29, 1.82) is 0 Å². The van der Waals surface area contributed by atoms with Crippen LogP contribution in [0.2, 0.25) is 0 Å². The largest absolute Gasteiger partial charge is 0.454 e. The quantitative estimate of drug-likeness (QED) is 0.810. The molecule has 1 N–H and O–H groups in total. The van der Waals surface area contributed by atoms with Gasteiger partial charge in [-0.2, -0.15) is 0 Å². The van der Waals surface area contributed by atoms with Gasteiger partial charge >= 0.3 is 5.97 Å². The number of esters is 1. The molecule has 0 unspecified atom stereocenters. The molecule has 0 atom stereocenters. The van der Waals surface area contributed by atoms with Crippen LogP contribution in [0.5, 0.6) is 0 Å². The summed E-state index contributed by atoms with van der Waals surface area (Å²) in [5.74, 6) is -0.136. The van der Waals surface area contributed by atoms with Crippen molar-refractivity contribution in [1.82, 2.24) is 20.2 Å². The molecule has 2 aromatic rings. The minimum atomic E-state index is -0.472. The van der Waals surface area contributed by atoms with Gasteiger partial charge in [-0.3, -0.25) is 4.79 Å². The molecular weight excluding hydrogens is 286 g/mol. The van der Waals surface area contributed by atoms with Gasteiger partial charge in [-0.15, -0.1) is 5.10 Å². The summed E-state index contributed by atoms with van der Waals surface area (Å²) < 4.78 is 6.80. The first-order valence-corrected chi connectivity index (χ1v) is 6.90. The number of ether oxygens (including phenoxy) is 1. The third-order valence-electron chi connectivity index (χ3n) is 2.81. The van der Waals surface area contributed by atoms with Crippen molar-refractivity contribution in [2.45, 2.75) is 33.4 Å². The molecular formula is C14H17N5O3. The van der Waals surface area contributed by atoms with Crippen LogP contribution in [0, 0.1) is 0 Å². The standard InChI is InChI=1S/C14H17N5O3/c1-3-8-19-13(16-17-18-19)9-22-14(21)11-4-6-12(7-5-11)15-10(2)20/h4-7H,3,8-9H2,1-2H3,(H,15,20). The highest BCUT2D eigenvalue weighted by molar-refractivity contribution is 5.92. The molecule has 0 radical (unpaired) electrons. The van der Waals surface area contributed by atoms with Gasteiger partial charge in [0.1, 0.15) is 0 Å². The van der Waals surface area contributed by atoms with E-state index in [2.05, 4.69) is 20.8 Å². The smallest absolute Gasteiger partial charge is 0.338 e. The topological polar surface area (TPSA) is 99.0 Å². The Hall–Kier alpha value is -2.77. The van der Waals surface area contributed by atoms with Crippen LogP contribution >= 0.6 is 0 Å². The summed E-state index contributed by atoms with van der Waals surface area (Å²) in [6, 6.07) is 6.45. The summed E-state index contributed by atoms with van der Waals surface area (Å²) in [5.41, 5.74) is 1.01. The van der Waals surface area contributed by atoms with Gasteiger partial charge in [0, 0.05) is 19.2 Å². The van der Waals surface area contributed by atoms with Crippen molar-refractivity contribution in [3.8, 4) is 0 Å². The van der Waals surface area contributed by atoms with Gasteiger partial charge in [0.2, 0.25) is 5.91 Å². The maximum Gasteiger partial charge on any atom is 0.338 e. The third kappa shape index (κ3) is 4.11. The summed E-state index contributed by atoms with van der Waals surface area (Å²) in [6.45, 7) is 4.11. The minimum absolute atomic E-state index is 0.0132. The molecule has 0 aliphatic carbocycles. The van der Waals surface area contributed by atoms with Crippen LogP contribution < -0.4 is 5.32 Å². The van der Waals surface area contributed by atoms with Crippen molar-refractivity contribution in [2.24, 2.45) is 0 Å². The Labute approximate surface area is 127 Å². The zero-order valence-electron chi connectivity index (χ0n) is 12.4. The molecule has 8 nitrogen and oxygen atoms in total. The number of tetrazole rings is 1. The number of carbonyl (C=O) groups is 2. The fraction of sp³-hybridized carbons (Fsp3) is 0.357. The van der Waals surface area contributed by atoms with Crippen molar-refractivity contribution in [3.63, 3.8) is 0 Å². The van der Waals surface area contributed by atoms with Gasteiger partial charge in [0.15, 0.2) is 12.4 Å². The molecule has 0 spiro atoms. The first-order chi connectivity index (χ1) is 10.6. The maximum atomic E-state index is 12.0. The molecule has 1 aromatic carbocycles. The first kappa shape index (κ1) is 15.6. The zero-order chi connectivity index (χ0) is 15.9. The van der Waals surface area contributed by atoms with Gasteiger partial charge in [0.05, 0.1) is 5.56 Å². The predicted octanol–water partition coefficient (Wildman–Crippen LogP) is 1.40. The van der Waals surface area contributed by atoms with E-state index in [1.807, 2.05) is 6.92 Å². The Bertz CT molecular complexity index is 651. The lowest BCUT2D eigenvalue weighted by Crippen LogP contribution is -2.11. The number of amides is 1. The monoisotopic (exact) mass is 303 g/mol. The normalized spacial score (nSPS) is 10.3. The molecule has 0 aliphatic rings. The lowest BCUT2D eigenvalue weighted by molar-refractivity contribution is -0.114. The first-order valence-electron chi connectivity index (χ1n) is 6.90. The summed E-state index contributed by atoms with van der Waals surface area (Å²) in [6.07, 6.45) is 0.886. The van der Waals surface area contributed by atoms with Gasteiger partial charge < -0.3 is 10.1 Å². The number of carbonyl (C=O) groups excluding carboxylic acids is 2. The van der Waals surface area contributed by atoms with E-state index in [9.17, 15) is 9.59 Å². The molecule has 0 saturated carbocycles. The number of anilines is 1. The van der Waals surface area contributed by atoms with Gasteiger partial charge in [-0.1, -0.05) is 6.92 Å². The van der Waals surface area contributed by atoms with E-state index < -0.39 is 5.97 Å². The Morgan fingerprint density at radius 1 is 1.27 bits per heavy atom. The minimum Gasteiger partial charge on any atom is -0.454 e. The van der Waals surface area contributed by atoms with Crippen LogP contribution in [0.1, 0.15) is 36.5 Å². The summed E-state index contributed by atoms with van der Waals surface area (Å²) in [4.78, 5) is 22.9. The molecule has 2 rings (SSSR count).